The van der Waals surface area contributed by atoms with Crippen LogP contribution in [0.2, 0.25) is 0 Å². The molecular formula is C26H30O4. The Labute approximate surface area is 178 Å². The van der Waals surface area contributed by atoms with E-state index in [-0.39, 0.29) is 0 Å². The van der Waals surface area contributed by atoms with Crippen LogP contribution in [0.25, 0.3) is 0 Å². The van der Waals surface area contributed by atoms with Crippen molar-refractivity contribution in [1.82, 2.24) is 0 Å². The number of benzene rings is 3. The molecule has 158 valence electrons. The Morgan fingerprint density at radius 2 is 0.967 bits per heavy atom. The second-order valence-electron chi connectivity index (χ2n) is 7.88. The van der Waals surface area contributed by atoms with Gasteiger partial charge in [-0.3, -0.25) is 0 Å². The van der Waals surface area contributed by atoms with Crippen LogP contribution in [0.5, 0.6) is 11.5 Å². The van der Waals surface area contributed by atoms with E-state index in [1.165, 1.54) is 11.1 Å². The Morgan fingerprint density at radius 3 is 1.30 bits per heavy atom. The average Bonchev–Trinajstić information content (AvgIpc) is 2.71. The van der Waals surface area contributed by atoms with Gasteiger partial charge in [0.1, 0.15) is 11.5 Å². The van der Waals surface area contributed by atoms with Crippen LogP contribution in [0.15, 0.2) is 48.5 Å². The molecule has 0 amide bonds. The Balaban J connectivity index is 1.75. The van der Waals surface area contributed by atoms with E-state index < -0.39 is 0 Å². The van der Waals surface area contributed by atoms with E-state index in [0.717, 1.165) is 46.2 Å². The zero-order valence-corrected chi connectivity index (χ0v) is 18.2. The molecule has 3 rings (SSSR count). The van der Waals surface area contributed by atoms with E-state index in [1.54, 1.807) is 14.2 Å². The molecule has 0 fully saturated rings. The standard InChI is InChI=1S/C26H30O4/c1-17-9-21(13-23(15-29-3)25(17)27)11-19-5-7-20(8-6-19)12-22-10-18(2)26(28)24(14-22)16-30-4/h5-10,13-14,27-28H,11-12,15-16H2,1-4H3. The highest BCUT2D eigenvalue weighted by Gasteiger charge is 2.09. The second kappa shape index (κ2) is 9.79. The molecule has 0 aromatic heterocycles. The highest BCUT2D eigenvalue weighted by Crippen LogP contribution is 2.27. The van der Waals surface area contributed by atoms with Gasteiger partial charge in [0.2, 0.25) is 0 Å². The number of aryl methyl sites for hydroxylation is 2. The molecule has 0 aliphatic rings. The summed E-state index contributed by atoms with van der Waals surface area (Å²) in [6.45, 7) is 4.63. The van der Waals surface area contributed by atoms with Gasteiger partial charge in [0.15, 0.2) is 0 Å². The van der Waals surface area contributed by atoms with Crippen molar-refractivity contribution < 1.29 is 19.7 Å². The summed E-state index contributed by atoms with van der Waals surface area (Å²) in [7, 11) is 3.27. The van der Waals surface area contributed by atoms with Crippen molar-refractivity contribution in [3.63, 3.8) is 0 Å². The summed E-state index contributed by atoms with van der Waals surface area (Å²) in [5, 5.41) is 20.4. The number of hydrogen-bond acceptors (Lipinski definition) is 4. The van der Waals surface area contributed by atoms with Crippen molar-refractivity contribution in [3.8, 4) is 11.5 Å². The summed E-state index contributed by atoms with van der Waals surface area (Å²) >= 11 is 0. The predicted molar refractivity (Wildman–Crippen MR) is 119 cm³/mol. The topological polar surface area (TPSA) is 58.9 Å². The molecule has 3 aromatic rings. The van der Waals surface area contributed by atoms with Gasteiger partial charge >= 0.3 is 0 Å². The van der Waals surface area contributed by atoms with Crippen molar-refractivity contribution in [2.45, 2.75) is 39.9 Å². The van der Waals surface area contributed by atoms with Crippen LogP contribution < -0.4 is 0 Å². The maximum absolute atomic E-state index is 10.2. The summed E-state index contributed by atoms with van der Waals surface area (Å²) in [6.07, 6.45) is 1.60. The Hall–Kier alpha value is -2.82. The Morgan fingerprint density at radius 1 is 0.600 bits per heavy atom. The molecule has 0 saturated heterocycles. The maximum atomic E-state index is 10.2. The van der Waals surface area contributed by atoms with Gasteiger partial charge in [0.05, 0.1) is 13.2 Å². The van der Waals surface area contributed by atoms with Gasteiger partial charge in [-0.15, -0.1) is 0 Å². The van der Waals surface area contributed by atoms with Gasteiger partial charge in [-0.2, -0.15) is 0 Å². The largest absolute Gasteiger partial charge is 0.507 e. The van der Waals surface area contributed by atoms with Gasteiger partial charge < -0.3 is 19.7 Å². The van der Waals surface area contributed by atoms with E-state index in [4.69, 9.17) is 9.47 Å². The minimum Gasteiger partial charge on any atom is -0.507 e. The van der Waals surface area contributed by atoms with Crippen molar-refractivity contribution in [2.75, 3.05) is 14.2 Å². The third-order valence-corrected chi connectivity index (χ3v) is 5.32. The number of hydrogen-bond donors (Lipinski definition) is 2. The molecule has 3 aromatic carbocycles. The second-order valence-corrected chi connectivity index (χ2v) is 7.88. The first-order valence-electron chi connectivity index (χ1n) is 10.1. The molecule has 0 unspecified atom stereocenters. The maximum Gasteiger partial charge on any atom is 0.124 e. The minimum atomic E-state index is 0.313. The van der Waals surface area contributed by atoms with Crippen LogP contribution in [0.3, 0.4) is 0 Å². The van der Waals surface area contributed by atoms with Crippen LogP contribution in [0, 0.1) is 13.8 Å². The summed E-state index contributed by atoms with van der Waals surface area (Å²) in [5.41, 5.74) is 8.11. The number of phenolic OH excluding ortho intramolecular Hbond substituents is 2. The van der Waals surface area contributed by atoms with Crippen LogP contribution in [0.4, 0.5) is 0 Å². The summed E-state index contributed by atoms with van der Waals surface area (Å²) in [4.78, 5) is 0. The third kappa shape index (κ3) is 5.21. The normalized spacial score (nSPS) is 11.1. The average molecular weight is 407 g/mol. The molecule has 30 heavy (non-hydrogen) atoms. The van der Waals surface area contributed by atoms with E-state index in [0.29, 0.717) is 24.7 Å². The van der Waals surface area contributed by atoms with E-state index in [2.05, 4.69) is 24.3 Å². The smallest absolute Gasteiger partial charge is 0.124 e. The van der Waals surface area contributed by atoms with Crippen molar-refractivity contribution in [2.24, 2.45) is 0 Å². The molecule has 0 spiro atoms. The van der Waals surface area contributed by atoms with Gasteiger partial charge in [-0.1, -0.05) is 36.4 Å². The van der Waals surface area contributed by atoms with Gasteiger partial charge in [-0.05, 0) is 72.2 Å². The number of rotatable bonds is 8. The van der Waals surface area contributed by atoms with Crippen LogP contribution in [0.1, 0.15) is 44.5 Å². The summed E-state index contributed by atoms with van der Waals surface area (Å²) < 4.78 is 10.4. The monoisotopic (exact) mass is 406 g/mol. The SMILES string of the molecule is COCc1cc(Cc2ccc(Cc3cc(C)c(O)c(COC)c3)cc2)cc(C)c1O. The van der Waals surface area contributed by atoms with Crippen LogP contribution in [-0.2, 0) is 35.5 Å². The first kappa shape index (κ1) is 21.9. The lowest BCUT2D eigenvalue weighted by molar-refractivity contribution is 0.182. The van der Waals surface area contributed by atoms with Crippen LogP contribution in [-0.4, -0.2) is 24.4 Å². The highest BCUT2D eigenvalue weighted by molar-refractivity contribution is 5.45. The van der Waals surface area contributed by atoms with Gasteiger partial charge in [-0.25, -0.2) is 0 Å². The molecule has 4 nitrogen and oxygen atoms in total. The quantitative estimate of drug-likeness (QED) is 0.541. The fourth-order valence-corrected chi connectivity index (χ4v) is 3.85. The molecule has 0 heterocycles. The van der Waals surface area contributed by atoms with Crippen molar-refractivity contribution >= 4 is 0 Å². The first-order valence-corrected chi connectivity index (χ1v) is 10.1. The van der Waals surface area contributed by atoms with Crippen molar-refractivity contribution in [1.29, 1.82) is 0 Å². The van der Waals surface area contributed by atoms with E-state index >= 15 is 0 Å². The molecule has 2 N–H and O–H groups in total. The molecule has 0 aliphatic heterocycles. The summed E-state index contributed by atoms with van der Waals surface area (Å²) in [5.74, 6) is 0.626. The zero-order valence-electron chi connectivity index (χ0n) is 18.2. The fourth-order valence-electron chi connectivity index (χ4n) is 3.85. The number of phenols is 2. The molecule has 0 saturated carbocycles. The molecule has 4 heteroatoms. The lowest BCUT2D eigenvalue weighted by Gasteiger charge is -2.12. The molecule has 0 bridgehead atoms. The van der Waals surface area contributed by atoms with Crippen LogP contribution >= 0.6 is 0 Å². The van der Waals surface area contributed by atoms with Crippen molar-refractivity contribution in [3.05, 3.63) is 93.0 Å². The Kier molecular flexibility index (Phi) is 7.14. The minimum absolute atomic E-state index is 0.313. The number of methoxy groups -OCH3 is 2. The molecule has 0 atom stereocenters. The summed E-state index contributed by atoms with van der Waals surface area (Å²) in [6, 6.07) is 16.7. The molecular weight excluding hydrogens is 376 g/mol. The zero-order chi connectivity index (χ0) is 21.7. The molecule has 0 aliphatic carbocycles. The number of ether oxygens (including phenoxy) is 2. The predicted octanol–water partition coefficient (Wildman–Crippen LogP) is 5.19. The highest BCUT2D eigenvalue weighted by atomic mass is 16.5. The lowest BCUT2D eigenvalue weighted by atomic mass is 9.96. The molecule has 0 radical (unpaired) electrons. The number of aromatic hydroxyl groups is 2. The van der Waals surface area contributed by atoms with E-state index in [9.17, 15) is 10.2 Å². The van der Waals surface area contributed by atoms with Gasteiger partial charge in [0, 0.05) is 25.3 Å². The third-order valence-electron chi connectivity index (χ3n) is 5.32. The van der Waals surface area contributed by atoms with E-state index in [1.807, 2.05) is 38.1 Å². The first-order chi connectivity index (χ1) is 14.4. The van der Waals surface area contributed by atoms with Gasteiger partial charge in [0.25, 0.3) is 0 Å². The lowest BCUT2D eigenvalue weighted by Crippen LogP contribution is -1.97. The Bertz CT molecular complexity index is 924. The fraction of sp³-hybridized carbons (Fsp3) is 0.308.